The van der Waals surface area contributed by atoms with Crippen molar-refractivity contribution >= 4 is 23.6 Å². The van der Waals surface area contributed by atoms with E-state index in [1.807, 2.05) is 36.0 Å². The number of hydrogen-bond acceptors (Lipinski definition) is 4. The Morgan fingerprint density at radius 1 is 0.456 bits per heavy atom. The van der Waals surface area contributed by atoms with Gasteiger partial charge < -0.3 is 9.47 Å². The van der Waals surface area contributed by atoms with Crippen LogP contribution in [0.2, 0.25) is 0 Å². The van der Waals surface area contributed by atoms with E-state index in [-0.39, 0.29) is 5.78 Å². The summed E-state index contributed by atoms with van der Waals surface area (Å²) < 4.78 is 12.5. The van der Waals surface area contributed by atoms with Crippen LogP contribution in [0.25, 0.3) is 6.08 Å². The number of benzene rings is 2. The molecule has 0 aliphatic carbocycles. The van der Waals surface area contributed by atoms with E-state index < -0.39 is 0 Å². The molecule has 2 aromatic carbocycles. The van der Waals surface area contributed by atoms with Gasteiger partial charge >= 0.3 is 0 Å². The minimum absolute atomic E-state index is 0.0226. The number of unbranched alkanes of at least 4 members (excludes halogenated alkanes) is 29. The van der Waals surface area contributed by atoms with Gasteiger partial charge in [-0.3, -0.25) is 4.79 Å². The van der Waals surface area contributed by atoms with E-state index in [1.165, 1.54) is 198 Å². The molecule has 4 heteroatoms. The Hall–Kier alpha value is -2.20. The van der Waals surface area contributed by atoms with Crippen molar-refractivity contribution in [3.05, 3.63) is 59.7 Å². The lowest BCUT2D eigenvalue weighted by Gasteiger charge is -2.12. The zero-order chi connectivity index (χ0) is 40.7. The minimum Gasteiger partial charge on any atom is -0.493 e. The zero-order valence-corrected chi connectivity index (χ0v) is 38.4. The van der Waals surface area contributed by atoms with Crippen LogP contribution < -0.4 is 9.47 Å². The van der Waals surface area contributed by atoms with E-state index in [4.69, 9.17) is 9.47 Å². The Labute approximate surface area is 357 Å². The molecule has 57 heavy (non-hydrogen) atoms. The van der Waals surface area contributed by atoms with E-state index >= 15 is 0 Å². The first kappa shape index (κ1) is 50.9. The van der Waals surface area contributed by atoms with Gasteiger partial charge in [-0.1, -0.05) is 225 Å². The Morgan fingerprint density at radius 2 is 0.807 bits per heavy atom. The lowest BCUT2D eigenvalue weighted by Crippen LogP contribution is -2.03. The fourth-order valence-electron chi connectivity index (χ4n) is 7.49. The summed E-state index contributed by atoms with van der Waals surface area (Å²) in [4.78, 5) is 14.7. The Bertz CT molecular complexity index is 1170. The second-order valence-electron chi connectivity index (χ2n) is 16.8. The monoisotopic (exact) mass is 805 g/mol. The summed E-state index contributed by atoms with van der Waals surface area (Å²) in [6, 6.07) is 14.3. The highest BCUT2D eigenvalue weighted by Crippen LogP contribution is 2.26. The third-order valence-corrected chi connectivity index (χ3v) is 12.4. The summed E-state index contributed by atoms with van der Waals surface area (Å²) in [5.41, 5.74) is 1.66. The number of hydrogen-bond donors (Lipinski definition) is 0. The normalized spacial score (nSPS) is 11.5. The molecule has 0 fully saturated rings. The van der Waals surface area contributed by atoms with E-state index in [0.717, 1.165) is 35.7 Å². The molecule has 0 unspecified atom stereocenters. The number of ether oxygens (including phenoxy) is 2. The summed E-state index contributed by atoms with van der Waals surface area (Å²) in [5.74, 6) is 2.59. The smallest absolute Gasteiger partial charge is 0.186 e. The number of carbonyl (C=O) groups excluding carboxylic acids is 1. The predicted molar refractivity (Wildman–Crippen MR) is 253 cm³/mol. The highest BCUT2D eigenvalue weighted by molar-refractivity contribution is 7.99. The van der Waals surface area contributed by atoms with E-state index in [2.05, 4.69) is 45.0 Å². The number of ketones is 1. The molecule has 0 saturated carbocycles. The van der Waals surface area contributed by atoms with Crippen molar-refractivity contribution in [2.75, 3.05) is 19.0 Å². The van der Waals surface area contributed by atoms with Gasteiger partial charge in [0.25, 0.3) is 0 Å². The van der Waals surface area contributed by atoms with Crippen LogP contribution >= 0.6 is 11.8 Å². The molecule has 0 heterocycles. The van der Waals surface area contributed by atoms with Gasteiger partial charge in [-0.15, -0.1) is 11.8 Å². The molecule has 0 aliphatic rings. The van der Waals surface area contributed by atoms with Gasteiger partial charge in [0.15, 0.2) is 5.78 Å². The fraction of sp³-hybridized carbons (Fsp3) is 0.717. The first-order valence-corrected chi connectivity index (χ1v) is 25.5. The maximum Gasteiger partial charge on any atom is 0.186 e. The molecule has 324 valence electrons. The van der Waals surface area contributed by atoms with Crippen LogP contribution in [0.1, 0.15) is 242 Å². The minimum atomic E-state index is -0.0226. The van der Waals surface area contributed by atoms with Crippen molar-refractivity contribution in [2.45, 2.75) is 231 Å². The lowest BCUT2D eigenvalue weighted by molar-refractivity contribution is 0.104. The van der Waals surface area contributed by atoms with E-state index in [0.29, 0.717) is 18.8 Å². The Morgan fingerprint density at radius 3 is 1.18 bits per heavy atom. The van der Waals surface area contributed by atoms with Crippen molar-refractivity contribution in [3.63, 3.8) is 0 Å². The van der Waals surface area contributed by atoms with Crippen LogP contribution in [-0.4, -0.2) is 24.7 Å². The number of carbonyl (C=O) groups is 1. The first-order valence-electron chi connectivity index (χ1n) is 24.5. The Balaban J connectivity index is 1.73. The average molecular weight is 805 g/mol. The molecule has 0 aromatic heterocycles. The summed E-state index contributed by atoms with van der Waals surface area (Å²) in [7, 11) is 0. The molecule has 0 saturated heterocycles. The summed E-state index contributed by atoms with van der Waals surface area (Å²) in [6.07, 6.45) is 46.6. The maximum absolute atomic E-state index is 13.4. The van der Waals surface area contributed by atoms with Gasteiger partial charge in [-0.2, -0.15) is 0 Å². The molecule has 0 atom stereocenters. The number of rotatable bonds is 41. The fourth-order valence-corrected chi connectivity index (χ4v) is 8.48. The molecule has 3 nitrogen and oxygen atoms in total. The molecule has 2 rings (SSSR count). The van der Waals surface area contributed by atoms with Gasteiger partial charge in [0.05, 0.1) is 13.2 Å². The largest absolute Gasteiger partial charge is 0.493 e. The van der Waals surface area contributed by atoms with Crippen LogP contribution in [0.5, 0.6) is 11.5 Å². The zero-order valence-electron chi connectivity index (χ0n) is 37.6. The standard InChI is InChI=1S/C53H88O3S/c1-4-7-10-12-14-16-18-20-22-24-26-28-30-32-34-42-55-50-45-49(53(54)41-38-48-36-39-52(40-37-48)57-44-9-6-3)46-51(47-50)56-43-35-33-31-29-27-25-23-21-19-17-15-13-11-8-5-2/h36-41,45-47H,4-35,42-44H2,1-3H3. The predicted octanol–water partition coefficient (Wildman–Crippen LogP) is 18.0. The summed E-state index contributed by atoms with van der Waals surface area (Å²) in [6.45, 7) is 8.16. The van der Waals surface area contributed by atoms with E-state index in [1.54, 1.807) is 6.08 Å². The Kier molecular flexibility index (Phi) is 34.0. The topological polar surface area (TPSA) is 35.5 Å². The van der Waals surface area contributed by atoms with Crippen molar-refractivity contribution in [2.24, 2.45) is 0 Å². The quantitative estimate of drug-likeness (QED) is 0.0290. The SMILES string of the molecule is CCCCCCCCCCCCCCCCCOc1cc(OCCCCCCCCCCCCCCCCC)cc(C(=O)C=Cc2ccc(SCCCC)cc2)c1. The molecule has 0 aliphatic heterocycles. The van der Waals surface area contributed by atoms with Crippen molar-refractivity contribution < 1.29 is 14.3 Å². The van der Waals surface area contributed by atoms with Gasteiger partial charge in [0.1, 0.15) is 11.5 Å². The second kappa shape index (κ2) is 38.0. The molecular weight excluding hydrogens is 717 g/mol. The highest BCUT2D eigenvalue weighted by Gasteiger charge is 2.10. The van der Waals surface area contributed by atoms with Crippen molar-refractivity contribution in [3.8, 4) is 11.5 Å². The third-order valence-electron chi connectivity index (χ3n) is 11.3. The van der Waals surface area contributed by atoms with Crippen LogP contribution in [0, 0.1) is 0 Å². The molecular formula is C53H88O3S. The first-order chi connectivity index (χ1) is 28.2. The van der Waals surface area contributed by atoms with Gasteiger partial charge in [0.2, 0.25) is 0 Å². The molecule has 0 spiro atoms. The summed E-state index contributed by atoms with van der Waals surface area (Å²) in [5, 5.41) is 0. The van der Waals surface area contributed by atoms with Crippen molar-refractivity contribution in [1.82, 2.24) is 0 Å². The molecule has 0 bridgehead atoms. The van der Waals surface area contributed by atoms with Gasteiger partial charge in [0, 0.05) is 16.5 Å². The second-order valence-corrected chi connectivity index (χ2v) is 17.9. The van der Waals surface area contributed by atoms with Crippen molar-refractivity contribution in [1.29, 1.82) is 0 Å². The van der Waals surface area contributed by atoms with E-state index in [9.17, 15) is 4.79 Å². The number of thioether (sulfide) groups is 1. The number of allylic oxidation sites excluding steroid dienone is 1. The highest BCUT2D eigenvalue weighted by atomic mass is 32.2. The molecule has 0 amide bonds. The van der Waals surface area contributed by atoms with Gasteiger partial charge in [-0.25, -0.2) is 0 Å². The molecule has 0 radical (unpaired) electrons. The molecule has 2 aromatic rings. The average Bonchev–Trinajstić information content (AvgIpc) is 3.23. The van der Waals surface area contributed by atoms with Crippen LogP contribution in [-0.2, 0) is 0 Å². The summed E-state index contributed by atoms with van der Waals surface area (Å²) >= 11 is 1.90. The third kappa shape index (κ3) is 29.6. The van der Waals surface area contributed by atoms with Crippen LogP contribution in [0.3, 0.4) is 0 Å². The van der Waals surface area contributed by atoms with Crippen LogP contribution in [0.4, 0.5) is 0 Å². The molecule has 0 N–H and O–H groups in total. The van der Waals surface area contributed by atoms with Gasteiger partial charge in [-0.05, 0) is 60.9 Å². The maximum atomic E-state index is 13.4. The van der Waals surface area contributed by atoms with Crippen LogP contribution in [0.15, 0.2) is 53.4 Å². The lowest BCUT2D eigenvalue weighted by atomic mass is 10.0.